The van der Waals surface area contributed by atoms with Gasteiger partial charge in [0, 0.05) is 17.6 Å². The molecule has 0 unspecified atom stereocenters. The second kappa shape index (κ2) is 7.23. The number of thiazole rings is 1. The molecule has 1 aliphatic rings. The third-order valence-corrected chi connectivity index (χ3v) is 5.00. The topological polar surface area (TPSA) is 63.1 Å². The molecule has 0 bridgehead atoms. The summed E-state index contributed by atoms with van der Waals surface area (Å²) in [5, 5.41) is 9.91. The summed E-state index contributed by atoms with van der Waals surface area (Å²) in [6.07, 6.45) is 7.42. The number of likely N-dealkylation sites (tertiary alicyclic amines) is 1. The molecule has 0 aromatic carbocycles. The smallest absolute Gasteiger partial charge is 0.240 e. The number of rotatable bonds is 5. The van der Waals surface area contributed by atoms with Crippen molar-refractivity contribution in [3.8, 4) is 0 Å². The fourth-order valence-corrected chi connectivity index (χ4v) is 3.72. The molecule has 1 aliphatic heterocycles. The van der Waals surface area contributed by atoms with Crippen LogP contribution in [0.25, 0.3) is 0 Å². The summed E-state index contributed by atoms with van der Waals surface area (Å²) in [6.45, 7) is 6.21. The van der Waals surface area contributed by atoms with Crippen LogP contribution in [0.1, 0.15) is 30.5 Å². The molecule has 0 saturated carbocycles. The first-order chi connectivity index (χ1) is 11.1. The zero-order valence-corrected chi connectivity index (χ0v) is 14.5. The molecule has 1 fully saturated rings. The van der Waals surface area contributed by atoms with E-state index >= 15 is 0 Å². The molecular formula is C16H23N5OS. The van der Waals surface area contributed by atoms with Crippen LogP contribution in [-0.4, -0.2) is 44.7 Å². The molecule has 7 heteroatoms. The highest BCUT2D eigenvalue weighted by Crippen LogP contribution is 2.19. The predicted molar refractivity (Wildman–Crippen MR) is 91.7 cm³/mol. The van der Waals surface area contributed by atoms with Gasteiger partial charge in [0.05, 0.1) is 25.0 Å². The normalized spacial score (nSPS) is 19.0. The standard InChI is InChI=1S/C16H23N5OS/c1-12-7-17-21(8-12)9-14-5-3-4-6-20(14)10-15(22)19-16-18-13(2)11-23-16/h7-8,11,14H,3-6,9-10H2,1-2H3,(H,18,19,22)/t14-/m1/s1. The van der Waals surface area contributed by atoms with Gasteiger partial charge in [0.2, 0.25) is 5.91 Å². The molecule has 23 heavy (non-hydrogen) atoms. The van der Waals surface area contributed by atoms with Gasteiger partial charge in [0.15, 0.2) is 5.13 Å². The second-order valence-corrected chi connectivity index (χ2v) is 7.06. The number of amides is 1. The van der Waals surface area contributed by atoms with Crippen molar-refractivity contribution >= 4 is 22.4 Å². The fraction of sp³-hybridized carbons (Fsp3) is 0.562. The molecule has 1 atom stereocenters. The number of piperidine rings is 1. The zero-order valence-electron chi connectivity index (χ0n) is 13.7. The Labute approximate surface area is 140 Å². The Hall–Kier alpha value is -1.73. The minimum Gasteiger partial charge on any atom is -0.301 e. The Morgan fingerprint density at radius 2 is 2.30 bits per heavy atom. The number of anilines is 1. The summed E-state index contributed by atoms with van der Waals surface area (Å²) in [5.41, 5.74) is 2.11. The van der Waals surface area contributed by atoms with Gasteiger partial charge in [-0.2, -0.15) is 5.10 Å². The van der Waals surface area contributed by atoms with Crippen molar-refractivity contribution in [1.82, 2.24) is 19.7 Å². The van der Waals surface area contributed by atoms with E-state index in [1.165, 1.54) is 23.3 Å². The van der Waals surface area contributed by atoms with Crippen LogP contribution in [0.5, 0.6) is 0 Å². The maximum Gasteiger partial charge on any atom is 0.240 e. The highest BCUT2D eigenvalue weighted by atomic mass is 32.1. The van der Waals surface area contributed by atoms with E-state index in [1.807, 2.05) is 30.1 Å². The number of nitrogens with zero attached hydrogens (tertiary/aromatic N) is 4. The molecule has 2 aromatic rings. The van der Waals surface area contributed by atoms with Crippen LogP contribution >= 0.6 is 11.3 Å². The van der Waals surface area contributed by atoms with E-state index in [1.54, 1.807) is 0 Å². The molecule has 0 spiro atoms. The number of aryl methyl sites for hydroxylation is 2. The number of aromatic nitrogens is 3. The van der Waals surface area contributed by atoms with E-state index in [9.17, 15) is 4.79 Å². The van der Waals surface area contributed by atoms with Crippen LogP contribution in [0.3, 0.4) is 0 Å². The summed E-state index contributed by atoms with van der Waals surface area (Å²) in [6, 6.07) is 0.367. The predicted octanol–water partition coefficient (Wildman–Crippen LogP) is 2.45. The monoisotopic (exact) mass is 333 g/mol. The van der Waals surface area contributed by atoms with Crippen LogP contribution in [0.2, 0.25) is 0 Å². The van der Waals surface area contributed by atoms with E-state index in [0.717, 1.165) is 31.6 Å². The number of carbonyl (C=O) groups excluding carboxylic acids is 1. The Balaban J connectivity index is 1.58. The van der Waals surface area contributed by atoms with Gasteiger partial charge in [0.1, 0.15) is 0 Å². The largest absolute Gasteiger partial charge is 0.301 e. The SMILES string of the molecule is Cc1cnn(C[C@H]2CCCCN2CC(=O)Nc2nc(C)cs2)c1. The molecule has 2 aromatic heterocycles. The van der Waals surface area contributed by atoms with Gasteiger partial charge < -0.3 is 5.32 Å². The molecule has 1 N–H and O–H groups in total. The van der Waals surface area contributed by atoms with E-state index < -0.39 is 0 Å². The van der Waals surface area contributed by atoms with E-state index in [2.05, 4.69) is 26.5 Å². The van der Waals surface area contributed by atoms with Gasteiger partial charge in [-0.25, -0.2) is 4.98 Å². The number of hydrogen-bond donors (Lipinski definition) is 1. The van der Waals surface area contributed by atoms with Crippen molar-refractivity contribution in [1.29, 1.82) is 0 Å². The summed E-state index contributed by atoms with van der Waals surface area (Å²) in [5.74, 6) is 0.0166. The lowest BCUT2D eigenvalue weighted by atomic mass is 10.0. The molecule has 0 aliphatic carbocycles. The van der Waals surface area contributed by atoms with Crippen molar-refractivity contribution in [3.63, 3.8) is 0 Å². The molecule has 1 saturated heterocycles. The number of nitrogens with one attached hydrogen (secondary N) is 1. The zero-order chi connectivity index (χ0) is 16.2. The second-order valence-electron chi connectivity index (χ2n) is 6.20. The summed E-state index contributed by atoms with van der Waals surface area (Å²) in [7, 11) is 0. The Kier molecular flexibility index (Phi) is 5.07. The van der Waals surface area contributed by atoms with Gasteiger partial charge in [-0.3, -0.25) is 14.4 Å². The molecule has 0 radical (unpaired) electrons. The first-order valence-electron chi connectivity index (χ1n) is 8.05. The van der Waals surface area contributed by atoms with Crippen molar-refractivity contribution in [3.05, 3.63) is 29.0 Å². The van der Waals surface area contributed by atoms with Gasteiger partial charge in [-0.1, -0.05) is 6.42 Å². The first-order valence-corrected chi connectivity index (χ1v) is 8.93. The third-order valence-electron chi connectivity index (χ3n) is 4.12. The maximum absolute atomic E-state index is 12.3. The fourth-order valence-electron chi connectivity index (χ4n) is 3.01. The van der Waals surface area contributed by atoms with Crippen LogP contribution in [-0.2, 0) is 11.3 Å². The lowest BCUT2D eigenvalue weighted by Gasteiger charge is -2.35. The minimum absolute atomic E-state index is 0.0166. The van der Waals surface area contributed by atoms with Gasteiger partial charge in [-0.05, 0) is 38.8 Å². The van der Waals surface area contributed by atoms with Crippen molar-refractivity contribution in [2.24, 2.45) is 0 Å². The van der Waals surface area contributed by atoms with Crippen LogP contribution in [0.15, 0.2) is 17.8 Å². The highest BCUT2D eigenvalue weighted by molar-refractivity contribution is 7.13. The van der Waals surface area contributed by atoms with Crippen LogP contribution < -0.4 is 5.32 Å². The van der Waals surface area contributed by atoms with Gasteiger partial charge in [-0.15, -0.1) is 11.3 Å². The van der Waals surface area contributed by atoms with E-state index in [4.69, 9.17) is 0 Å². The van der Waals surface area contributed by atoms with Crippen LogP contribution in [0.4, 0.5) is 5.13 Å². The lowest BCUT2D eigenvalue weighted by Crippen LogP contribution is -2.46. The molecule has 3 heterocycles. The lowest BCUT2D eigenvalue weighted by molar-refractivity contribution is -0.118. The summed E-state index contributed by atoms with van der Waals surface area (Å²) >= 11 is 1.47. The molecule has 6 nitrogen and oxygen atoms in total. The van der Waals surface area contributed by atoms with Crippen molar-refractivity contribution in [2.75, 3.05) is 18.4 Å². The summed E-state index contributed by atoms with van der Waals surface area (Å²) in [4.78, 5) is 18.8. The quantitative estimate of drug-likeness (QED) is 0.913. The average Bonchev–Trinajstić information content (AvgIpc) is 3.10. The maximum atomic E-state index is 12.3. The average molecular weight is 333 g/mol. The Morgan fingerprint density at radius 3 is 3.00 bits per heavy atom. The first kappa shape index (κ1) is 16.1. The summed E-state index contributed by atoms with van der Waals surface area (Å²) < 4.78 is 1.99. The number of hydrogen-bond acceptors (Lipinski definition) is 5. The Morgan fingerprint density at radius 1 is 1.43 bits per heavy atom. The van der Waals surface area contributed by atoms with E-state index in [0.29, 0.717) is 17.7 Å². The Bertz CT molecular complexity index is 665. The van der Waals surface area contributed by atoms with Crippen molar-refractivity contribution in [2.45, 2.75) is 45.7 Å². The molecule has 124 valence electrons. The van der Waals surface area contributed by atoms with Crippen LogP contribution in [0, 0.1) is 13.8 Å². The third kappa shape index (κ3) is 4.39. The molecular weight excluding hydrogens is 310 g/mol. The highest BCUT2D eigenvalue weighted by Gasteiger charge is 2.25. The molecule has 1 amide bonds. The minimum atomic E-state index is 0.0166. The molecule has 3 rings (SSSR count). The van der Waals surface area contributed by atoms with Gasteiger partial charge >= 0.3 is 0 Å². The van der Waals surface area contributed by atoms with E-state index in [-0.39, 0.29) is 5.91 Å². The van der Waals surface area contributed by atoms with Crippen molar-refractivity contribution < 1.29 is 4.79 Å². The van der Waals surface area contributed by atoms with Gasteiger partial charge in [0.25, 0.3) is 0 Å². The number of carbonyl (C=O) groups is 1.